The van der Waals surface area contributed by atoms with Crippen molar-refractivity contribution in [1.29, 1.82) is 0 Å². The van der Waals surface area contributed by atoms with E-state index in [1.54, 1.807) is 0 Å². The first-order valence-corrected chi connectivity index (χ1v) is 11.4. The predicted octanol–water partition coefficient (Wildman–Crippen LogP) is 6.59. The first kappa shape index (κ1) is 21.3. The second-order valence-electron chi connectivity index (χ2n) is 7.10. The van der Waals surface area contributed by atoms with E-state index in [9.17, 15) is 4.79 Å². The van der Waals surface area contributed by atoms with E-state index in [1.165, 1.54) is 11.8 Å². The van der Waals surface area contributed by atoms with Crippen molar-refractivity contribution >= 4 is 39.3 Å². The number of rotatable bonds is 6. The quantitative estimate of drug-likeness (QED) is 0.307. The Kier molecular flexibility index (Phi) is 6.53. The molecular formula is C24H20BrN3O2S. The maximum atomic E-state index is 13.3. The highest BCUT2D eigenvalue weighted by atomic mass is 79.9. The van der Waals surface area contributed by atoms with Crippen LogP contribution in [-0.4, -0.2) is 16.1 Å². The lowest BCUT2D eigenvalue weighted by molar-refractivity contribution is -0.115. The molecule has 156 valence electrons. The Hall–Kier alpha value is -2.90. The number of amides is 1. The number of thioether (sulfide) groups is 1. The molecule has 1 N–H and O–H groups in total. The Morgan fingerprint density at radius 3 is 2.48 bits per heavy atom. The van der Waals surface area contributed by atoms with Crippen LogP contribution in [0.4, 0.5) is 5.69 Å². The van der Waals surface area contributed by atoms with E-state index in [0.717, 1.165) is 32.4 Å². The van der Waals surface area contributed by atoms with E-state index in [-0.39, 0.29) is 5.91 Å². The lowest BCUT2D eigenvalue weighted by Crippen LogP contribution is -2.19. The number of aryl methyl sites for hydroxylation is 2. The molecule has 0 aliphatic carbocycles. The predicted molar refractivity (Wildman–Crippen MR) is 127 cm³/mol. The maximum absolute atomic E-state index is 13.3. The first-order chi connectivity index (χ1) is 15.0. The normalized spacial score (nSPS) is 11.8. The lowest BCUT2D eigenvalue weighted by atomic mass is 10.1. The molecule has 0 aliphatic heterocycles. The lowest BCUT2D eigenvalue weighted by Gasteiger charge is -2.16. The van der Waals surface area contributed by atoms with Crippen LogP contribution in [0.1, 0.15) is 21.9 Å². The molecule has 0 saturated heterocycles. The number of halogens is 1. The topological polar surface area (TPSA) is 68.0 Å². The van der Waals surface area contributed by atoms with Gasteiger partial charge in [-0.25, -0.2) is 0 Å². The van der Waals surface area contributed by atoms with Gasteiger partial charge in [0, 0.05) is 15.7 Å². The number of nitrogens with one attached hydrogen (secondary N) is 1. The Morgan fingerprint density at radius 1 is 1.00 bits per heavy atom. The van der Waals surface area contributed by atoms with Gasteiger partial charge in [0.15, 0.2) is 0 Å². The third kappa shape index (κ3) is 5.24. The van der Waals surface area contributed by atoms with E-state index in [0.29, 0.717) is 11.1 Å². The summed E-state index contributed by atoms with van der Waals surface area (Å²) in [5.74, 6) is 0.269. The summed E-state index contributed by atoms with van der Waals surface area (Å²) in [5.41, 5.74) is 4.57. The molecule has 1 aromatic heterocycles. The van der Waals surface area contributed by atoms with E-state index < -0.39 is 5.25 Å². The van der Waals surface area contributed by atoms with Gasteiger partial charge in [-0.05, 0) is 72.6 Å². The average Bonchev–Trinajstić information content (AvgIpc) is 3.24. The van der Waals surface area contributed by atoms with Crippen molar-refractivity contribution in [3.8, 4) is 11.5 Å². The fourth-order valence-corrected chi connectivity index (χ4v) is 4.18. The number of hydrogen-bond acceptors (Lipinski definition) is 5. The van der Waals surface area contributed by atoms with Crippen LogP contribution in [0.15, 0.2) is 86.9 Å². The molecule has 31 heavy (non-hydrogen) atoms. The zero-order valence-electron chi connectivity index (χ0n) is 17.0. The number of hydrogen-bond donors (Lipinski definition) is 1. The van der Waals surface area contributed by atoms with Crippen molar-refractivity contribution < 1.29 is 9.21 Å². The summed E-state index contributed by atoms with van der Waals surface area (Å²) in [5, 5.41) is 11.2. The van der Waals surface area contributed by atoms with Gasteiger partial charge in [-0.3, -0.25) is 4.79 Å². The van der Waals surface area contributed by atoms with Crippen LogP contribution >= 0.6 is 27.7 Å². The summed E-state index contributed by atoms with van der Waals surface area (Å²) in [6, 6.07) is 23.2. The van der Waals surface area contributed by atoms with Crippen molar-refractivity contribution in [2.24, 2.45) is 0 Å². The third-order valence-electron chi connectivity index (χ3n) is 4.71. The number of carbonyl (C=O) groups excluding carboxylic acids is 1. The molecule has 1 amide bonds. The van der Waals surface area contributed by atoms with E-state index in [4.69, 9.17) is 4.42 Å². The summed E-state index contributed by atoms with van der Waals surface area (Å²) >= 11 is 4.66. The van der Waals surface area contributed by atoms with Crippen LogP contribution < -0.4 is 5.32 Å². The Labute approximate surface area is 193 Å². The molecule has 3 aromatic carbocycles. The SMILES string of the molecule is Cc1ccc(C)c(NC(=O)C(Sc2nnc(-c3ccc(Br)cc3)o2)c2ccccc2)c1. The highest BCUT2D eigenvalue weighted by molar-refractivity contribution is 9.10. The van der Waals surface area contributed by atoms with E-state index in [2.05, 4.69) is 31.4 Å². The number of anilines is 1. The van der Waals surface area contributed by atoms with Gasteiger partial charge in [-0.2, -0.15) is 0 Å². The van der Waals surface area contributed by atoms with Crippen molar-refractivity contribution in [3.05, 3.63) is 94.0 Å². The van der Waals surface area contributed by atoms with Crippen LogP contribution in [0.5, 0.6) is 0 Å². The van der Waals surface area contributed by atoms with Crippen LogP contribution in [0.2, 0.25) is 0 Å². The number of carbonyl (C=O) groups is 1. The highest BCUT2D eigenvalue weighted by Crippen LogP contribution is 2.37. The molecule has 4 rings (SSSR count). The molecule has 0 bridgehead atoms. The largest absolute Gasteiger partial charge is 0.411 e. The fourth-order valence-electron chi connectivity index (χ4n) is 3.04. The molecule has 4 aromatic rings. The highest BCUT2D eigenvalue weighted by Gasteiger charge is 2.25. The van der Waals surface area contributed by atoms with Gasteiger partial charge in [0.2, 0.25) is 11.8 Å². The average molecular weight is 494 g/mol. The molecule has 7 heteroatoms. The molecule has 5 nitrogen and oxygen atoms in total. The second kappa shape index (κ2) is 9.49. The number of nitrogens with zero attached hydrogens (tertiary/aromatic N) is 2. The van der Waals surface area contributed by atoms with Gasteiger partial charge in [-0.15, -0.1) is 10.2 Å². The summed E-state index contributed by atoms with van der Waals surface area (Å²) < 4.78 is 6.82. The van der Waals surface area contributed by atoms with Gasteiger partial charge in [-0.1, -0.05) is 58.4 Å². The third-order valence-corrected chi connectivity index (χ3v) is 6.32. The smallest absolute Gasteiger partial charge is 0.277 e. The van der Waals surface area contributed by atoms with Crippen LogP contribution in [0.25, 0.3) is 11.5 Å². The molecule has 0 fully saturated rings. The van der Waals surface area contributed by atoms with Crippen LogP contribution in [-0.2, 0) is 4.79 Å². The molecule has 1 unspecified atom stereocenters. The fraction of sp³-hybridized carbons (Fsp3) is 0.125. The van der Waals surface area contributed by atoms with Gasteiger partial charge in [0.1, 0.15) is 5.25 Å². The standard InChI is InChI=1S/C24H20BrN3O2S/c1-15-8-9-16(2)20(14-15)26-22(29)21(17-6-4-3-5-7-17)31-24-28-27-23(30-24)18-10-12-19(25)13-11-18/h3-14,21H,1-2H3,(H,26,29). The molecular weight excluding hydrogens is 474 g/mol. The van der Waals surface area contributed by atoms with Gasteiger partial charge in [0.05, 0.1) is 0 Å². The van der Waals surface area contributed by atoms with Crippen molar-refractivity contribution in [3.63, 3.8) is 0 Å². The Bertz CT molecular complexity index is 1190. The first-order valence-electron chi connectivity index (χ1n) is 9.69. The Morgan fingerprint density at radius 2 is 1.74 bits per heavy atom. The van der Waals surface area contributed by atoms with Crippen LogP contribution in [0, 0.1) is 13.8 Å². The van der Waals surface area contributed by atoms with Crippen molar-refractivity contribution in [1.82, 2.24) is 10.2 Å². The van der Waals surface area contributed by atoms with E-state index in [1.807, 2.05) is 86.6 Å². The monoisotopic (exact) mass is 493 g/mol. The van der Waals surface area contributed by atoms with Gasteiger partial charge < -0.3 is 9.73 Å². The minimum Gasteiger partial charge on any atom is -0.411 e. The summed E-state index contributed by atoms with van der Waals surface area (Å²) in [6.45, 7) is 3.98. The molecule has 1 atom stereocenters. The molecule has 0 aliphatic rings. The second-order valence-corrected chi connectivity index (χ2v) is 9.07. The van der Waals surface area contributed by atoms with E-state index >= 15 is 0 Å². The molecule has 0 saturated carbocycles. The Balaban J connectivity index is 1.60. The summed E-state index contributed by atoms with van der Waals surface area (Å²) in [7, 11) is 0. The molecule has 1 heterocycles. The number of benzene rings is 3. The summed E-state index contributed by atoms with van der Waals surface area (Å²) in [6.07, 6.45) is 0. The minimum absolute atomic E-state index is 0.145. The summed E-state index contributed by atoms with van der Waals surface area (Å²) in [4.78, 5) is 13.3. The van der Waals surface area contributed by atoms with Crippen molar-refractivity contribution in [2.75, 3.05) is 5.32 Å². The van der Waals surface area contributed by atoms with Crippen LogP contribution in [0.3, 0.4) is 0 Å². The zero-order valence-corrected chi connectivity index (χ0v) is 19.4. The van der Waals surface area contributed by atoms with Gasteiger partial charge >= 0.3 is 0 Å². The zero-order chi connectivity index (χ0) is 21.8. The maximum Gasteiger partial charge on any atom is 0.277 e. The van der Waals surface area contributed by atoms with Gasteiger partial charge in [0.25, 0.3) is 5.22 Å². The minimum atomic E-state index is -0.542. The number of aromatic nitrogens is 2. The molecule has 0 radical (unpaired) electrons. The van der Waals surface area contributed by atoms with Crippen molar-refractivity contribution in [2.45, 2.75) is 24.3 Å². The molecule has 0 spiro atoms.